The SMILES string of the molecule is CCCC1C(=O)N(C2CCCCC2)C(=NC2CCCCC2)N1C(C)C(=O)N1[C@H](C(=O)O)C[C@@H]2CCCC[C@@H]21. The van der Waals surface area contributed by atoms with Gasteiger partial charge in [0.25, 0.3) is 5.91 Å². The number of hydrogen-bond donors (Lipinski definition) is 1. The molecule has 38 heavy (non-hydrogen) atoms. The van der Waals surface area contributed by atoms with E-state index in [1.165, 1.54) is 12.8 Å². The van der Waals surface area contributed by atoms with E-state index in [0.717, 1.165) is 83.5 Å². The molecule has 5 atom stereocenters. The summed E-state index contributed by atoms with van der Waals surface area (Å²) in [4.78, 5) is 51.7. The molecule has 3 saturated carbocycles. The number of carboxylic acid groups (broad SMARTS) is 1. The van der Waals surface area contributed by atoms with Crippen molar-refractivity contribution < 1.29 is 19.5 Å². The lowest BCUT2D eigenvalue weighted by Crippen LogP contribution is -2.56. The molecule has 5 rings (SSSR count). The van der Waals surface area contributed by atoms with Crippen LogP contribution in [0.4, 0.5) is 0 Å². The minimum absolute atomic E-state index is 0.00379. The summed E-state index contributed by atoms with van der Waals surface area (Å²) in [7, 11) is 0. The lowest BCUT2D eigenvalue weighted by molar-refractivity contribution is -0.152. The molecular weight excluding hydrogens is 480 g/mol. The van der Waals surface area contributed by atoms with Gasteiger partial charge in [0.2, 0.25) is 11.9 Å². The van der Waals surface area contributed by atoms with Crippen molar-refractivity contribution in [3.05, 3.63) is 0 Å². The van der Waals surface area contributed by atoms with Gasteiger partial charge in [0.15, 0.2) is 0 Å². The Labute approximate surface area is 228 Å². The molecule has 0 aromatic rings. The minimum Gasteiger partial charge on any atom is -0.480 e. The third-order valence-electron chi connectivity index (χ3n) is 10.1. The summed E-state index contributed by atoms with van der Waals surface area (Å²) in [5.41, 5.74) is 0. The van der Waals surface area contributed by atoms with Gasteiger partial charge in [-0.05, 0) is 64.2 Å². The van der Waals surface area contributed by atoms with Crippen LogP contribution in [0.25, 0.3) is 0 Å². The Morgan fingerprint density at radius 2 is 1.58 bits per heavy atom. The van der Waals surface area contributed by atoms with Gasteiger partial charge in [-0.2, -0.15) is 0 Å². The minimum atomic E-state index is -0.900. The van der Waals surface area contributed by atoms with E-state index in [2.05, 4.69) is 6.92 Å². The van der Waals surface area contributed by atoms with Gasteiger partial charge in [0.05, 0.1) is 6.04 Å². The first-order valence-electron chi connectivity index (χ1n) is 15.7. The summed E-state index contributed by atoms with van der Waals surface area (Å²) >= 11 is 0. The molecule has 0 radical (unpaired) electrons. The van der Waals surface area contributed by atoms with Gasteiger partial charge in [-0.3, -0.25) is 14.5 Å². The first-order valence-corrected chi connectivity index (χ1v) is 15.7. The number of carboxylic acids is 1. The first-order chi connectivity index (χ1) is 18.4. The number of carbonyl (C=O) groups is 3. The van der Waals surface area contributed by atoms with E-state index in [4.69, 9.17) is 4.99 Å². The van der Waals surface area contributed by atoms with Gasteiger partial charge in [-0.1, -0.05) is 64.7 Å². The maximum Gasteiger partial charge on any atom is 0.326 e. The van der Waals surface area contributed by atoms with Gasteiger partial charge in [-0.25, -0.2) is 9.79 Å². The molecule has 8 heteroatoms. The molecule has 2 saturated heterocycles. The Morgan fingerprint density at radius 3 is 2.24 bits per heavy atom. The molecular formula is C30H48N4O4. The molecule has 0 aromatic heterocycles. The van der Waals surface area contributed by atoms with Crippen LogP contribution >= 0.6 is 0 Å². The van der Waals surface area contributed by atoms with Crippen LogP contribution in [0.1, 0.15) is 123 Å². The highest BCUT2D eigenvalue weighted by atomic mass is 16.4. The van der Waals surface area contributed by atoms with Gasteiger partial charge in [0.1, 0.15) is 18.1 Å². The van der Waals surface area contributed by atoms with E-state index >= 15 is 0 Å². The summed E-state index contributed by atoms with van der Waals surface area (Å²) in [6.45, 7) is 3.99. The van der Waals surface area contributed by atoms with Crippen molar-refractivity contribution in [2.45, 2.75) is 159 Å². The van der Waals surface area contributed by atoms with Crippen LogP contribution in [0.15, 0.2) is 4.99 Å². The fourth-order valence-corrected chi connectivity index (χ4v) is 8.14. The summed E-state index contributed by atoms with van der Waals surface area (Å²) in [6.07, 6.45) is 17.1. The fraction of sp³-hybridized carbons (Fsp3) is 0.867. The molecule has 0 aromatic carbocycles. The maximum absolute atomic E-state index is 14.3. The largest absolute Gasteiger partial charge is 0.480 e. The quantitative estimate of drug-likeness (QED) is 0.504. The number of rotatable bonds is 7. The highest BCUT2D eigenvalue weighted by molar-refractivity contribution is 6.08. The smallest absolute Gasteiger partial charge is 0.326 e. The Bertz CT molecular complexity index is 910. The maximum atomic E-state index is 14.3. The van der Waals surface area contributed by atoms with Gasteiger partial charge in [0, 0.05) is 12.1 Å². The topological polar surface area (TPSA) is 93.5 Å². The standard InChI is InChI=1S/C30H48N4O4/c1-3-12-25-28(36)33(23-16-8-5-9-17-23)30(31-22-14-6-4-7-15-22)32(25)20(2)27(35)34-24-18-11-10-13-21(24)19-26(34)29(37)38/h20-26H,3-19H2,1-2H3,(H,37,38)/t20?,21-,24-,25?,26-/m0/s1. The van der Waals surface area contributed by atoms with Gasteiger partial charge < -0.3 is 14.9 Å². The van der Waals surface area contributed by atoms with Crippen LogP contribution in [0.2, 0.25) is 0 Å². The Balaban J connectivity index is 1.50. The highest BCUT2D eigenvalue weighted by Crippen LogP contribution is 2.41. The number of aliphatic carboxylic acids is 1. The summed E-state index contributed by atoms with van der Waals surface area (Å²) < 4.78 is 0. The van der Waals surface area contributed by atoms with E-state index in [9.17, 15) is 19.5 Å². The lowest BCUT2D eigenvalue weighted by Gasteiger charge is -2.39. The molecule has 0 spiro atoms. The molecule has 2 unspecified atom stereocenters. The van der Waals surface area contributed by atoms with Crippen LogP contribution in [0.5, 0.6) is 0 Å². The zero-order valence-electron chi connectivity index (χ0n) is 23.5. The third-order valence-corrected chi connectivity index (χ3v) is 10.1. The second-order valence-corrected chi connectivity index (χ2v) is 12.6. The first kappa shape index (κ1) is 27.4. The molecule has 212 valence electrons. The van der Waals surface area contributed by atoms with E-state index in [1.54, 1.807) is 4.90 Å². The third kappa shape index (κ3) is 5.21. The molecule has 3 aliphatic carbocycles. The predicted molar refractivity (Wildman–Crippen MR) is 147 cm³/mol. The van der Waals surface area contributed by atoms with Crippen molar-refractivity contribution >= 4 is 23.7 Å². The zero-order chi connectivity index (χ0) is 26.8. The Kier molecular flexibility index (Phi) is 8.63. The Hall–Kier alpha value is -2.12. The van der Waals surface area contributed by atoms with Crippen molar-refractivity contribution in [3.8, 4) is 0 Å². The molecule has 2 aliphatic heterocycles. The molecule has 5 aliphatic rings. The van der Waals surface area contributed by atoms with Crippen molar-refractivity contribution in [2.24, 2.45) is 10.9 Å². The van der Waals surface area contributed by atoms with E-state index < -0.39 is 24.1 Å². The monoisotopic (exact) mass is 528 g/mol. The molecule has 2 heterocycles. The van der Waals surface area contributed by atoms with Crippen LogP contribution in [0.3, 0.4) is 0 Å². The lowest BCUT2D eigenvalue weighted by atomic mass is 9.84. The number of guanidine groups is 1. The Morgan fingerprint density at radius 1 is 0.947 bits per heavy atom. The van der Waals surface area contributed by atoms with Crippen molar-refractivity contribution in [2.75, 3.05) is 0 Å². The number of carbonyl (C=O) groups excluding carboxylic acids is 2. The number of nitrogens with zero attached hydrogens (tertiary/aromatic N) is 4. The molecule has 8 nitrogen and oxygen atoms in total. The van der Waals surface area contributed by atoms with Crippen molar-refractivity contribution in [1.29, 1.82) is 0 Å². The molecule has 1 N–H and O–H groups in total. The number of hydrogen-bond acceptors (Lipinski definition) is 4. The fourth-order valence-electron chi connectivity index (χ4n) is 8.14. The zero-order valence-corrected chi connectivity index (χ0v) is 23.5. The second-order valence-electron chi connectivity index (χ2n) is 12.6. The van der Waals surface area contributed by atoms with E-state index in [-0.39, 0.29) is 35.9 Å². The number of likely N-dealkylation sites (tertiary alicyclic amines) is 1. The predicted octanol–water partition coefficient (Wildman–Crippen LogP) is 4.95. The van der Waals surface area contributed by atoms with Gasteiger partial charge >= 0.3 is 5.97 Å². The van der Waals surface area contributed by atoms with Crippen LogP contribution in [-0.4, -0.2) is 79.8 Å². The van der Waals surface area contributed by atoms with Crippen molar-refractivity contribution in [1.82, 2.24) is 14.7 Å². The highest BCUT2D eigenvalue weighted by Gasteiger charge is 2.53. The van der Waals surface area contributed by atoms with Crippen LogP contribution in [-0.2, 0) is 14.4 Å². The van der Waals surface area contributed by atoms with Crippen LogP contribution < -0.4 is 0 Å². The molecule has 2 amide bonds. The summed E-state index contributed by atoms with van der Waals surface area (Å²) in [5, 5.41) is 10.1. The summed E-state index contributed by atoms with van der Waals surface area (Å²) in [5.74, 6) is 0.0332. The van der Waals surface area contributed by atoms with Crippen molar-refractivity contribution in [3.63, 3.8) is 0 Å². The normalized spacial score (nSPS) is 33.2. The number of aliphatic imine (C=N–C) groups is 1. The number of amides is 2. The van der Waals surface area contributed by atoms with Gasteiger partial charge in [-0.15, -0.1) is 0 Å². The van der Waals surface area contributed by atoms with E-state index in [0.29, 0.717) is 18.8 Å². The number of fused-ring (bicyclic) bond motifs is 1. The second kappa shape index (κ2) is 12.0. The average molecular weight is 529 g/mol. The molecule has 0 bridgehead atoms. The summed E-state index contributed by atoms with van der Waals surface area (Å²) in [6, 6.07) is -1.47. The van der Waals surface area contributed by atoms with Crippen LogP contribution in [0, 0.1) is 5.92 Å². The van der Waals surface area contributed by atoms with E-state index in [1.807, 2.05) is 16.7 Å². The molecule has 5 fully saturated rings. The average Bonchev–Trinajstić information content (AvgIpc) is 3.45.